The van der Waals surface area contributed by atoms with Crippen LogP contribution in [-0.2, 0) is 9.53 Å². The molecule has 0 aliphatic heterocycles. The molecular formula is C8H16N2O2S. The highest BCUT2D eigenvalue weighted by atomic mass is 32.1. The molecule has 1 atom stereocenters. The molecule has 1 amide bonds. The van der Waals surface area contributed by atoms with Crippen LogP contribution in [0.2, 0.25) is 0 Å². The van der Waals surface area contributed by atoms with Crippen molar-refractivity contribution in [1.82, 2.24) is 5.32 Å². The summed E-state index contributed by atoms with van der Waals surface area (Å²) in [4.78, 5) is 11.6. The van der Waals surface area contributed by atoms with Crippen LogP contribution in [0.5, 0.6) is 0 Å². The normalized spacial score (nSPS) is 12.2. The van der Waals surface area contributed by atoms with Crippen molar-refractivity contribution in [3.8, 4) is 0 Å². The van der Waals surface area contributed by atoms with Gasteiger partial charge >= 0.3 is 0 Å². The predicted octanol–water partition coefficient (Wildman–Crippen LogP) is 0.204. The molecule has 13 heavy (non-hydrogen) atoms. The third kappa shape index (κ3) is 6.48. The van der Waals surface area contributed by atoms with Gasteiger partial charge in [0.2, 0.25) is 5.91 Å². The number of carbonyl (C=O) groups excluding carboxylic acids is 1. The molecule has 0 bridgehead atoms. The van der Waals surface area contributed by atoms with Crippen LogP contribution < -0.4 is 11.1 Å². The first-order valence-electron chi connectivity index (χ1n) is 4.16. The van der Waals surface area contributed by atoms with Gasteiger partial charge in [-0.15, -0.1) is 0 Å². The quantitative estimate of drug-likeness (QED) is 0.479. The Labute approximate surface area is 83.8 Å². The third-order valence-electron chi connectivity index (χ3n) is 1.62. The summed E-state index contributed by atoms with van der Waals surface area (Å²) in [6.45, 7) is 2.28. The van der Waals surface area contributed by atoms with Crippen LogP contribution in [0.15, 0.2) is 0 Å². The van der Waals surface area contributed by atoms with Crippen LogP contribution in [0.3, 0.4) is 0 Å². The molecular weight excluding hydrogens is 188 g/mol. The molecule has 5 heteroatoms. The number of hydrogen-bond acceptors (Lipinski definition) is 3. The maximum atomic E-state index is 11.1. The number of methoxy groups -OCH3 is 1. The standard InChI is InChI=1S/C8H16N2O2S/c1-6(12-2)8(11)10-5-3-4-7(9)13/h6H,3-5H2,1-2H3,(H2,9,13)(H,10,11). The van der Waals surface area contributed by atoms with Crippen molar-refractivity contribution in [1.29, 1.82) is 0 Å². The molecule has 0 fully saturated rings. The lowest BCUT2D eigenvalue weighted by Crippen LogP contribution is -2.34. The minimum Gasteiger partial charge on any atom is -0.393 e. The van der Waals surface area contributed by atoms with E-state index in [1.54, 1.807) is 6.92 Å². The largest absolute Gasteiger partial charge is 0.393 e. The molecule has 0 radical (unpaired) electrons. The van der Waals surface area contributed by atoms with Crippen LogP contribution in [0, 0.1) is 0 Å². The Hall–Kier alpha value is -0.680. The van der Waals surface area contributed by atoms with Crippen LogP contribution in [0.4, 0.5) is 0 Å². The van der Waals surface area contributed by atoms with Gasteiger partial charge in [0.25, 0.3) is 0 Å². The molecule has 0 rings (SSSR count). The number of carbonyl (C=O) groups is 1. The van der Waals surface area contributed by atoms with Gasteiger partial charge in [-0.2, -0.15) is 0 Å². The molecule has 3 N–H and O–H groups in total. The Morgan fingerprint density at radius 1 is 1.69 bits per heavy atom. The van der Waals surface area contributed by atoms with E-state index in [0.29, 0.717) is 18.0 Å². The molecule has 0 aliphatic rings. The van der Waals surface area contributed by atoms with Crippen molar-refractivity contribution in [3.05, 3.63) is 0 Å². The van der Waals surface area contributed by atoms with E-state index in [4.69, 9.17) is 10.5 Å². The second-order valence-electron chi connectivity index (χ2n) is 2.74. The summed E-state index contributed by atoms with van der Waals surface area (Å²) >= 11 is 4.69. The van der Waals surface area contributed by atoms with E-state index in [9.17, 15) is 4.79 Å². The average Bonchev–Trinajstić information content (AvgIpc) is 2.10. The Morgan fingerprint density at radius 2 is 2.31 bits per heavy atom. The number of nitrogens with two attached hydrogens (primary N) is 1. The monoisotopic (exact) mass is 204 g/mol. The maximum Gasteiger partial charge on any atom is 0.248 e. The summed E-state index contributed by atoms with van der Waals surface area (Å²) in [5, 5.41) is 2.71. The first-order chi connectivity index (χ1) is 6.07. The van der Waals surface area contributed by atoms with Crippen LogP contribution >= 0.6 is 12.2 Å². The summed E-state index contributed by atoms with van der Waals surface area (Å²) in [6, 6.07) is 0. The van der Waals surface area contributed by atoms with Gasteiger partial charge in [0, 0.05) is 13.7 Å². The van der Waals surface area contributed by atoms with E-state index in [1.165, 1.54) is 7.11 Å². The van der Waals surface area contributed by atoms with Crippen LogP contribution in [0.1, 0.15) is 19.8 Å². The minimum absolute atomic E-state index is 0.106. The van der Waals surface area contributed by atoms with Gasteiger partial charge in [-0.1, -0.05) is 12.2 Å². The first-order valence-corrected chi connectivity index (χ1v) is 4.57. The summed E-state index contributed by atoms with van der Waals surface area (Å²) < 4.78 is 4.83. The van der Waals surface area contributed by atoms with E-state index in [2.05, 4.69) is 17.5 Å². The molecule has 0 saturated heterocycles. The molecule has 0 aromatic carbocycles. The van der Waals surface area contributed by atoms with Crippen molar-refractivity contribution in [2.75, 3.05) is 13.7 Å². The maximum absolute atomic E-state index is 11.1. The van der Waals surface area contributed by atoms with Gasteiger partial charge in [0.1, 0.15) is 6.10 Å². The molecule has 76 valence electrons. The highest BCUT2D eigenvalue weighted by Crippen LogP contribution is 1.90. The second kappa shape index (κ2) is 6.80. The zero-order chi connectivity index (χ0) is 10.3. The summed E-state index contributed by atoms with van der Waals surface area (Å²) in [5.41, 5.74) is 5.29. The number of amides is 1. The average molecular weight is 204 g/mol. The lowest BCUT2D eigenvalue weighted by molar-refractivity contribution is -0.130. The lowest BCUT2D eigenvalue weighted by Gasteiger charge is -2.09. The molecule has 0 aromatic heterocycles. The second-order valence-corrected chi connectivity index (χ2v) is 3.26. The fourth-order valence-electron chi connectivity index (χ4n) is 0.725. The highest BCUT2D eigenvalue weighted by Gasteiger charge is 2.09. The predicted molar refractivity (Wildman–Crippen MR) is 55.5 cm³/mol. The fourth-order valence-corrected chi connectivity index (χ4v) is 0.869. The summed E-state index contributed by atoms with van der Waals surface area (Å²) in [6.07, 6.45) is 1.04. The molecule has 4 nitrogen and oxygen atoms in total. The molecule has 0 saturated carbocycles. The van der Waals surface area contributed by atoms with Crippen molar-refractivity contribution in [2.45, 2.75) is 25.9 Å². The van der Waals surface area contributed by atoms with Crippen molar-refractivity contribution < 1.29 is 9.53 Å². The third-order valence-corrected chi connectivity index (χ3v) is 1.83. The Morgan fingerprint density at radius 3 is 2.77 bits per heavy atom. The topological polar surface area (TPSA) is 64.3 Å². The van der Waals surface area contributed by atoms with Crippen molar-refractivity contribution in [2.24, 2.45) is 5.73 Å². The van der Waals surface area contributed by atoms with E-state index in [0.717, 1.165) is 6.42 Å². The Bertz CT molecular complexity index is 185. The van der Waals surface area contributed by atoms with Gasteiger partial charge in [-0.05, 0) is 19.8 Å². The number of rotatable bonds is 6. The van der Waals surface area contributed by atoms with Gasteiger partial charge in [0.05, 0.1) is 4.99 Å². The molecule has 0 aliphatic carbocycles. The van der Waals surface area contributed by atoms with Crippen molar-refractivity contribution >= 4 is 23.1 Å². The highest BCUT2D eigenvalue weighted by molar-refractivity contribution is 7.80. The molecule has 0 spiro atoms. The first kappa shape index (κ1) is 12.3. The lowest BCUT2D eigenvalue weighted by atomic mass is 10.3. The van der Waals surface area contributed by atoms with E-state index in [-0.39, 0.29) is 5.91 Å². The number of hydrogen-bond donors (Lipinski definition) is 2. The summed E-state index contributed by atoms with van der Waals surface area (Å²) in [7, 11) is 1.50. The number of thiocarbonyl (C=S) groups is 1. The van der Waals surface area contributed by atoms with E-state index >= 15 is 0 Å². The van der Waals surface area contributed by atoms with E-state index in [1.807, 2.05) is 0 Å². The smallest absolute Gasteiger partial charge is 0.248 e. The van der Waals surface area contributed by atoms with E-state index < -0.39 is 6.10 Å². The SMILES string of the molecule is COC(C)C(=O)NCCCC(N)=S. The minimum atomic E-state index is -0.398. The summed E-state index contributed by atoms with van der Waals surface area (Å²) in [5.74, 6) is -0.106. The van der Waals surface area contributed by atoms with Gasteiger partial charge in [-0.3, -0.25) is 4.79 Å². The van der Waals surface area contributed by atoms with Crippen molar-refractivity contribution in [3.63, 3.8) is 0 Å². The zero-order valence-corrected chi connectivity index (χ0v) is 8.82. The Kier molecular flexibility index (Phi) is 6.44. The molecule has 0 heterocycles. The Balaban J connectivity index is 3.42. The van der Waals surface area contributed by atoms with Crippen LogP contribution in [0.25, 0.3) is 0 Å². The van der Waals surface area contributed by atoms with Gasteiger partial charge in [-0.25, -0.2) is 0 Å². The molecule has 0 aromatic rings. The number of ether oxygens (including phenoxy) is 1. The van der Waals surface area contributed by atoms with Crippen LogP contribution in [-0.4, -0.2) is 30.7 Å². The zero-order valence-electron chi connectivity index (χ0n) is 8.00. The number of nitrogens with one attached hydrogen (secondary N) is 1. The van der Waals surface area contributed by atoms with Gasteiger partial charge in [0.15, 0.2) is 0 Å². The molecule has 1 unspecified atom stereocenters. The van der Waals surface area contributed by atoms with Gasteiger partial charge < -0.3 is 15.8 Å². The fraction of sp³-hybridized carbons (Fsp3) is 0.750.